The van der Waals surface area contributed by atoms with Crippen molar-refractivity contribution in [2.75, 3.05) is 30.7 Å². The SMILES string of the molecule is I.NC(=NCCN1CCCS1(=O)=O)Nc1cccc(Oc2ccccc2)c1. The molecule has 0 saturated carbocycles. The largest absolute Gasteiger partial charge is 0.457 e. The molecule has 0 aromatic heterocycles. The number of anilines is 1. The number of ether oxygens (including phenoxy) is 1. The van der Waals surface area contributed by atoms with Crippen molar-refractivity contribution in [2.24, 2.45) is 10.7 Å². The van der Waals surface area contributed by atoms with Gasteiger partial charge in [-0.3, -0.25) is 4.99 Å². The van der Waals surface area contributed by atoms with Gasteiger partial charge in [0.25, 0.3) is 0 Å². The number of hydrogen-bond acceptors (Lipinski definition) is 4. The Kier molecular flexibility index (Phi) is 7.87. The topological polar surface area (TPSA) is 97.0 Å². The molecule has 1 heterocycles. The summed E-state index contributed by atoms with van der Waals surface area (Å²) >= 11 is 0. The number of nitrogens with two attached hydrogens (primary N) is 1. The predicted molar refractivity (Wildman–Crippen MR) is 118 cm³/mol. The smallest absolute Gasteiger partial charge is 0.214 e. The highest BCUT2D eigenvalue weighted by Crippen LogP contribution is 2.23. The summed E-state index contributed by atoms with van der Waals surface area (Å²) in [6.07, 6.45) is 0.675. The van der Waals surface area contributed by atoms with Crippen LogP contribution in [-0.2, 0) is 10.0 Å². The van der Waals surface area contributed by atoms with E-state index in [0.717, 1.165) is 11.4 Å². The van der Waals surface area contributed by atoms with Gasteiger partial charge in [-0.15, -0.1) is 24.0 Å². The quantitative estimate of drug-likeness (QED) is 0.360. The van der Waals surface area contributed by atoms with Crippen molar-refractivity contribution in [3.63, 3.8) is 0 Å². The monoisotopic (exact) mass is 502 g/mol. The third-order valence-corrected chi connectivity index (χ3v) is 5.88. The summed E-state index contributed by atoms with van der Waals surface area (Å²) in [7, 11) is -3.09. The number of halogens is 1. The van der Waals surface area contributed by atoms with Gasteiger partial charge in [-0.05, 0) is 30.7 Å². The van der Waals surface area contributed by atoms with E-state index >= 15 is 0 Å². The second-order valence-electron chi connectivity index (χ2n) is 5.90. The number of hydrogen-bond donors (Lipinski definition) is 2. The van der Waals surface area contributed by atoms with Crippen molar-refractivity contribution < 1.29 is 13.2 Å². The Balaban J connectivity index is 0.00000261. The van der Waals surface area contributed by atoms with Gasteiger partial charge in [0.2, 0.25) is 10.0 Å². The maximum Gasteiger partial charge on any atom is 0.214 e. The first kappa shape index (κ1) is 21.5. The van der Waals surface area contributed by atoms with Crippen LogP contribution < -0.4 is 15.8 Å². The summed E-state index contributed by atoms with van der Waals surface area (Å²) in [4.78, 5) is 4.20. The molecule has 0 unspecified atom stereocenters. The van der Waals surface area contributed by atoms with E-state index in [1.807, 2.05) is 54.6 Å². The summed E-state index contributed by atoms with van der Waals surface area (Å²) < 4.78 is 30.7. The summed E-state index contributed by atoms with van der Waals surface area (Å²) in [6.45, 7) is 1.23. The molecule has 0 bridgehead atoms. The van der Waals surface area contributed by atoms with Gasteiger partial charge in [-0.2, -0.15) is 0 Å². The Morgan fingerprint density at radius 1 is 1.15 bits per heavy atom. The van der Waals surface area contributed by atoms with Crippen LogP contribution in [0.4, 0.5) is 5.69 Å². The van der Waals surface area contributed by atoms with Crippen LogP contribution in [-0.4, -0.2) is 44.1 Å². The number of nitrogens with zero attached hydrogens (tertiary/aromatic N) is 2. The van der Waals surface area contributed by atoms with Gasteiger partial charge in [0.1, 0.15) is 11.5 Å². The number of nitrogens with one attached hydrogen (secondary N) is 1. The Morgan fingerprint density at radius 2 is 1.89 bits per heavy atom. The highest BCUT2D eigenvalue weighted by Gasteiger charge is 2.27. The van der Waals surface area contributed by atoms with Crippen molar-refractivity contribution in [3.8, 4) is 11.5 Å². The van der Waals surface area contributed by atoms with E-state index in [-0.39, 0.29) is 35.7 Å². The average molecular weight is 502 g/mol. The highest BCUT2D eigenvalue weighted by molar-refractivity contribution is 14.0. The second-order valence-corrected chi connectivity index (χ2v) is 7.99. The molecule has 0 spiro atoms. The van der Waals surface area contributed by atoms with E-state index in [1.165, 1.54) is 4.31 Å². The fourth-order valence-corrected chi connectivity index (χ4v) is 4.19. The molecule has 2 aromatic carbocycles. The number of aliphatic imine (C=N–C) groups is 1. The van der Waals surface area contributed by atoms with E-state index in [2.05, 4.69) is 10.3 Å². The molecule has 7 nitrogen and oxygen atoms in total. The summed E-state index contributed by atoms with van der Waals surface area (Å²) in [5.41, 5.74) is 6.63. The van der Waals surface area contributed by atoms with Crippen molar-refractivity contribution in [3.05, 3.63) is 54.6 Å². The van der Waals surface area contributed by atoms with Crippen LogP contribution in [0.2, 0.25) is 0 Å². The third kappa shape index (κ3) is 6.36. The molecule has 3 rings (SSSR count). The van der Waals surface area contributed by atoms with Crippen molar-refractivity contribution >= 4 is 45.6 Å². The normalized spacial score (nSPS) is 16.5. The Hall–Kier alpha value is -1.85. The standard InChI is InChI=1S/C18H22N4O3S.HI/c19-18(20-10-12-22-11-5-13-26(22,23)24)21-15-6-4-9-17(14-15)25-16-7-2-1-3-8-16;/h1-4,6-9,14H,5,10-13H2,(H3,19,20,21);1H. The van der Waals surface area contributed by atoms with Gasteiger partial charge in [0, 0.05) is 24.8 Å². The van der Waals surface area contributed by atoms with Crippen molar-refractivity contribution in [1.29, 1.82) is 0 Å². The molecular weight excluding hydrogens is 479 g/mol. The van der Waals surface area contributed by atoms with Gasteiger partial charge in [0.05, 0.1) is 12.3 Å². The molecule has 0 radical (unpaired) electrons. The van der Waals surface area contributed by atoms with Gasteiger partial charge < -0.3 is 15.8 Å². The fraction of sp³-hybridized carbons (Fsp3) is 0.278. The number of rotatable bonds is 6. The fourth-order valence-electron chi connectivity index (χ4n) is 2.67. The van der Waals surface area contributed by atoms with Crippen molar-refractivity contribution in [2.45, 2.75) is 6.42 Å². The number of para-hydroxylation sites is 1. The maximum absolute atomic E-state index is 11.7. The first-order valence-electron chi connectivity index (χ1n) is 8.41. The van der Waals surface area contributed by atoms with Crippen LogP contribution in [0.25, 0.3) is 0 Å². The summed E-state index contributed by atoms with van der Waals surface area (Å²) in [5.74, 6) is 1.88. The first-order valence-corrected chi connectivity index (χ1v) is 10.0. The highest BCUT2D eigenvalue weighted by atomic mass is 127. The molecule has 0 atom stereocenters. The Bertz CT molecular complexity index is 875. The zero-order chi connectivity index (χ0) is 18.4. The molecule has 1 aliphatic heterocycles. The number of benzene rings is 2. The molecule has 146 valence electrons. The summed E-state index contributed by atoms with van der Waals surface area (Å²) in [6, 6.07) is 16.9. The van der Waals surface area contributed by atoms with Crippen molar-refractivity contribution in [1.82, 2.24) is 4.31 Å². The van der Waals surface area contributed by atoms with Gasteiger partial charge in [0.15, 0.2) is 5.96 Å². The summed E-state index contributed by atoms with van der Waals surface area (Å²) in [5, 5.41) is 2.99. The first-order chi connectivity index (χ1) is 12.5. The molecule has 0 aliphatic carbocycles. The van der Waals surface area contributed by atoms with E-state index in [1.54, 1.807) is 0 Å². The molecular formula is C18H23IN4O3S. The molecule has 27 heavy (non-hydrogen) atoms. The number of guanidine groups is 1. The zero-order valence-corrected chi connectivity index (χ0v) is 17.9. The predicted octanol–water partition coefficient (Wildman–Crippen LogP) is 2.86. The number of sulfonamides is 1. The lowest BCUT2D eigenvalue weighted by Gasteiger charge is -2.13. The third-order valence-electron chi connectivity index (χ3n) is 3.92. The molecule has 3 N–H and O–H groups in total. The lowest BCUT2D eigenvalue weighted by Crippen LogP contribution is -2.30. The van der Waals surface area contributed by atoms with E-state index in [4.69, 9.17) is 10.5 Å². The minimum Gasteiger partial charge on any atom is -0.457 e. The molecule has 2 aromatic rings. The minimum absolute atomic E-state index is 0. The maximum atomic E-state index is 11.7. The molecule has 1 fully saturated rings. The molecule has 1 aliphatic rings. The van der Waals surface area contributed by atoms with E-state index in [9.17, 15) is 8.42 Å². The molecule has 9 heteroatoms. The van der Waals surface area contributed by atoms with Crippen LogP contribution in [0.3, 0.4) is 0 Å². The average Bonchev–Trinajstić information content (AvgIpc) is 2.95. The van der Waals surface area contributed by atoms with Crippen LogP contribution >= 0.6 is 24.0 Å². The zero-order valence-electron chi connectivity index (χ0n) is 14.7. The Labute approximate surface area is 176 Å². The lowest BCUT2D eigenvalue weighted by molar-refractivity contribution is 0.452. The van der Waals surface area contributed by atoms with E-state index < -0.39 is 10.0 Å². The van der Waals surface area contributed by atoms with Gasteiger partial charge >= 0.3 is 0 Å². The molecule has 1 saturated heterocycles. The lowest BCUT2D eigenvalue weighted by atomic mass is 10.3. The van der Waals surface area contributed by atoms with Crippen LogP contribution in [0.15, 0.2) is 59.6 Å². The van der Waals surface area contributed by atoms with Gasteiger partial charge in [-0.1, -0.05) is 24.3 Å². The van der Waals surface area contributed by atoms with Crippen LogP contribution in [0, 0.1) is 0 Å². The molecule has 0 amide bonds. The van der Waals surface area contributed by atoms with Crippen LogP contribution in [0.1, 0.15) is 6.42 Å². The second kappa shape index (κ2) is 9.90. The van der Waals surface area contributed by atoms with Crippen LogP contribution in [0.5, 0.6) is 11.5 Å². The minimum atomic E-state index is -3.09. The Morgan fingerprint density at radius 3 is 2.59 bits per heavy atom. The van der Waals surface area contributed by atoms with E-state index in [0.29, 0.717) is 31.8 Å². The van der Waals surface area contributed by atoms with Gasteiger partial charge in [-0.25, -0.2) is 12.7 Å².